The summed E-state index contributed by atoms with van der Waals surface area (Å²) in [6.07, 6.45) is -0.453. The van der Waals surface area contributed by atoms with Crippen LogP contribution in [0.1, 0.15) is 32.4 Å². The molecule has 0 amide bonds. The van der Waals surface area contributed by atoms with Crippen LogP contribution >= 0.6 is 15.9 Å². The molecule has 1 saturated heterocycles. The molecule has 18 heavy (non-hydrogen) atoms. The molecule has 0 aromatic heterocycles. The van der Waals surface area contributed by atoms with E-state index < -0.39 is 6.10 Å². The number of aliphatic hydroxyl groups excluding tert-OH is 1. The van der Waals surface area contributed by atoms with Crippen LogP contribution in [-0.2, 0) is 4.74 Å². The van der Waals surface area contributed by atoms with Crippen LogP contribution in [-0.4, -0.2) is 30.4 Å². The Bertz CT molecular complexity index is 432. The van der Waals surface area contributed by atoms with Gasteiger partial charge in [0.05, 0.1) is 24.9 Å². The van der Waals surface area contributed by atoms with E-state index in [9.17, 15) is 5.11 Å². The van der Waals surface area contributed by atoms with Gasteiger partial charge < -0.3 is 14.7 Å². The molecule has 1 N–H and O–H groups in total. The summed E-state index contributed by atoms with van der Waals surface area (Å²) in [6, 6.07) is 6.13. The van der Waals surface area contributed by atoms with E-state index in [1.807, 2.05) is 6.07 Å². The summed E-state index contributed by atoms with van der Waals surface area (Å²) in [4.78, 5) is 2.35. The first-order valence-corrected chi connectivity index (χ1v) is 7.04. The Morgan fingerprint density at radius 1 is 1.44 bits per heavy atom. The van der Waals surface area contributed by atoms with Gasteiger partial charge in [0, 0.05) is 16.7 Å². The molecular weight excluding hydrogens is 294 g/mol. The van der Waals surface area contributed by atoms with E-state index >= 15 is 0 Å². The Morgan fingerprint density at radius 2 is 2.17 bits per heavy atom. The van der Waals surface area contributed by atoms with E-state index in [-0.39, 0.29) is 5.54 Å². The van der Waals surface area contributed by atoms with Gasteiger partial charge in [0.2, 0.25) is 0 Å². The number of morpholine rings is 1. The van der Waals surface area contributed by atoms with Gasteiger partial charge in [-0.1, -0.05) is 22.0 Å². The maximum absolute atomic E-state index is 9.64. The van der Waals surface area contributed by atoms with Gasteiger partial charge in [-0.2, -0.15) is 0 Å². The van der Waals surface area contributed by atoms with Crippen molar-refractivity contribution in [3.63, 3.8) is 0 Å². The molecule has 0 spiro atoms. The monoisotopic (exact) mass is 313 g/mol. The van der Waals surface area contributed by atoms with Gasteiger partial charge in [0.15, 0.2) is 0 Å². The molecular formula is C14H20BrNO2. The fourth-order valence-corrected chi connectivity index (χ4v) is 3.06. The maximum atomic E-state index is 9.64. The molecule has 0 aliphatic carbocycles. The third-order valence-electron chi connectivity index (χ3n) is 3.39. The molecule has 1 aliphatic rings. The molecule has 100 valence electrons. The Morgan fingerprint density at radius 3 is 2.72 bits per heavy atom. The zero-order valence-corrected chi connectivity index (χ0v) is 12.7. The second kappa shape index (κ2) is 5.19. The minimum Gasteiger partial charge on any atom is -0.389 e. The Hall–Kier alpha value is -0.580. The lowest BCUT2D eigenvalue weighted by atomic mass is 10.0. The molecule has 0 radical (unpaired) electrons. The Kier molecular flexibility index (Phi) is 3.99. The van der Waals surface area contributed by atoms with Gasteiger partial charge in [0.1, 0.15) is 0 Å². The molecule has 0 bridgehead atoms. The predicted octanol–water partition coefficient (Wildman–Crippen LogP) is 3.12. The molecule has 1 unspecified atom stereocenters. The number of aliphatic hydroxyl groups is 1. The van der Waals surface area contributed by atoms with Crippen molar-refractivity contribution in [2.24, 2.45) is 0 Å². The number of anilines is 1. The van der Waals surface area contributed by atoms with Crippen molar-refractivity contribution in [2.75, 3.05) is 24.7 Å². The van der Waals surface area contributed by atoms with Crippen molar-refractivity contribution in [1.82, 2.24) is 0 Å². The third kappa shape index (κ3) is 2.71. The van der Waals surface area contributed by atoms with Crippen LogP contribution in [0.25, 0.3) is 0 Å². The molecule has 1 aromatic carbocycles. The van der Waals surface area contributed by atoms with Crippen LogP contribution in [0.15, 0.2) is 22.7 Å². The number of nitrogens with zero attached hydrogens (tertiary/aromatic N) is 1. The van der Waals surface area contributed by atoms with Crippen molar-refractivity contribution < 1.29 is 9.84 Å². The van der Waals surface area contributed by atoms with Crippen molar-refractivity contribution >= 4 is 21.6 Å². The highest BCUT2D eigenvalue weighted by atomic mass is 79.9. The summed E-state index contributed by atoms with van der Waals surface area (Å²) in [5, 5.41) is 9.64. The van der Waals surface area contributed by atoms with E-state index in [2.05, 4.69) is 46.8 Å². The average Bonchev–Trinajstić information content (AvgIpc) is 2.27. The number of hydrogen-bond acceptors (Lipinski definition) is 3. The number of rotatable bonds is 2. The van der Waals surface area contributed by atoms with Gasteiger partial charge >= 0.3 is 0 Å². The Labute approximate surface area is 117 Å². The van der Waals surface area contributed by atoms with E-state index in [0.29, 0.717) is 0 Å². The van der Waals surface area contributed by atoms with Gasteiger partial charge in [0.25, 0.3) is 0 Å². The summed E-state index contributed by atoms with van der Waals surface area (Å²) in [5.74, 6) is 0. The number of hydrogen-bond donors (Lipinski definition) is 1. The number of benzene rings is 1. The first-order chi connectivity index (χ1) is 8.42. The smallest absolute Gasteiger partial charge is 0.0772 e. The molecule has 1 atom stereocenters. The summed E-state index contributed by atoms with van der Waals surface area (Å²) >= 11 is 3.53. The second-order valence-electron chi connectivity index (χ2n) is 5.40. The summed E-state index contributed by atoms with van der Waals surface area (Å²) in [7, 11) is 0. The number of ether oxygens (including phenoxy) is 1. The van der Waals surface area contributed by atoms with Gasteiger partial charge in [-0.15, -0.1) is 0 Å². The van der Waals surface area contributed by atoms with Crippen LogP contribution in [0.4, 0.5) is 5.69 Å². The SMILES string of the molecule is CC(O)c1ccc(N2CCOCC2(C)C)cc1Br. The lowest BCUT2D eigenvalue weighted by Crippen LogP contribution is -2.53. The lowest BCUT2D eigenvalue weighted by molar-refractivity contribution is 0.0644. The van der Waals surface area contributed by atoms with Gasteiger partial charge in [-0.25, -0.2) is 0 Å². The summed E-state index contributed by atoms with van der Waals surface area (Å²) in [5.41, 5.74) is 2.09. The minimum absolute atomic E-state index is 0.00401. The number of halogens is 1. The molecule has 1 aliphatic heterocycles. The van der Waals surface area contributed by atoms with Crippen LogP contribution < -0.4 is 4.90 Å². The van der Waals surface area contributed by atoms with Crippen LogP contribution in [0.2, 0.25) is 0 Å². The highest BCUT2D eigenvalue weighted by Crippen LogP contribution is 2.32. The maximum Gasteiger partial charge on any atom is 0.0772 e. The normalized spacial score (nSPS) is 20.8. The molecule has 1 heterocycles. The third-order valence-corrected chi connectivity index (χ3v) is 4.08. The molecule has 1 aromatic rings. The average molecular weight is 314 g/mol. The largest absolute Gasteiger partial charge is 0.389 e. The first-order valence-electron chi connectivity index (χ1n) is 6.25. The van der Waals surface area contributed by atoms with Crippen LogP contribution in [0, 0.1) is 0 Å². The van der Waals surface area contributed by atoms with Gasteiger partial charge in [-0.05, 0) is 38.5 Å². The fraction of sp³-hybridized carbons (Fsp3) is 0.571. The highest BCUT2D eigenvalue weighted by molar-refractivity contribution is 9.10. The van der Waals surface area contributed by atoms with Crippen molar-refractivity contribution in [3.05, 3.63) is 28.2 Å². The van der Waals surface area contributed by atoms with Crippen molar-refractivity contribution in [1.29, 1.82) is 0 Å². The van der Waals surface area contributed by atoms with E-state index in [1.165, 1.54) is 5.69 Å². The predicted molar refractivity (Wildman–Crippen MR) is 77.0 cm³/mol. The fourth-order valence-electron chi connectivity index (χ4n) is 2.36. The van der Waals surface area contributed by atoms with E-state index in [4.69, 9.17) is 4.74 Å². The molecule has 0 saturated carbocycles. The van der Waals surface area contributed by atoms with E-state index in [0.717, 1.165) is 29.8 Å². The standard InChI is InChI=1S/C14H20BrNO2/c1-10(17)12-5-4-11(8-13(12)15)16-6-7-18-9-14(16,2)3/h4-5,8,10,17H,6-7,9H2,1-3H3. The van der Waals surface area contributed by atoms with Crippen LogP contribution in [0.5, 0.6) is 0 Å². The Balaban J connectivity index is 2.31. The topological polar surface area (TPSA) is 32.7 Å². The summed E-state index contributed by atoms with van der Waals surface area (Å²) < 4.78 is 6.49. The molecule has 1 fully saturated rings. The van der Waals surface area contributed by atoms with Crippen molar-refractivity contribution in [2.45, 2.75) is 32.4 Å². The molecule has 4 heteroatoms. The zero-order valence-electron chi connectivity index (χ0n) is 11.1. The minimum atomic E-state index is -0.453. The highest BCUT2D eigenvalue weighted by Gasteiger charge is 2.30. The first kappa shape index (κ1) is 13.8. The zero-order chi connectivity index (χ0) is 13.3. The van der Waals surface area contributed by atoms with Crippen LogP contribution in [0.3, 0.4) is 0 Å². The van der Waals surface area contributed by atoms with Crippen molar-refractivity contribution in [3.8, 4) is 0 Å². The quantitative estimate of drug-likeness (QED) is 0.910. The summed E-state index contributed by atoms with van der Waals surface area (Å²) in [6.45, 7) is 8.54. The molecule has 2 rings (SSSR count). The van der Waals surface area contributed by atoms with E-state index in [1.54, 1.807) is 6.92 Å². The second-order valence-corrected chi connectivity index (χ2v) is 6.25. The molecule has 3 nitrogen and oxygen atoms in total. The van der Waals surface area contributed by atoms with Gasteiger partial charge in [-0.3, -0.25) is 0 Å². The lowest BCUT2D eigenvalue weighted by Gasteiger charge is -2.44.